The first-order valence-corrected chi connectivity index (χ1v) is 5.66. The number of carbonyl (C=O) groups excluding carboxylic acids is 1. The van der Waals surface area contributed by atoms with Crippen molar-refractivity contribution in [2.45, 2.75) is 6.92 Å². The fourth-order valence-corrected chi connectivity index (χ4v) is 1.39. The first-order chi connectivity index (χ1) is 8.74. The quantitative estimate of drug-likeness (QED) is 0.657. The molecule has 0 atom stereocenters. The highest BCUT2D eigenvalue weighted by atomic mass is 16.5. The highest BCUT2D eigenvalue weighted by Crippen LogP contribution is 2.22. The molecule has 0 bridgehead atoms. The van der Waals surface area contributed by atoms with Gasteiger partial charge in [-0.2, -0.15) is 0 Å². The van der Waals surface area contributed by atoms with Crippen LogP contribution >= 0.6 is 0 Å². The lowest BCUT2D eigenvalue weighted by molar-refractivity contribution is 0.0946. The maximum atomic E-state index is 12.0. The zero-order valence-electron chi connectivity index (χ0n) is 10.8. The van der Waals surface area contributed by atoms with Gasteiger partial charge in [-0.3, -0.25) is 4.79 Å². The van der Waals surface area contributed by atoms with E-state index < -0.39 is 0 Å². The highest BCUT2D eigenvalue weighted by Gasteiger charge is 2.20. The molecule has 100 valence electrons. The second-order valence-corrected chi connectivity index (χ2v) is 3.38. The summed E-state index contributed by atoms with van der Waals surface area (Å²) in [6.45, 7) is 4.06. The van der Waals surface area contributed by atoms with E-state index in [0.717, 1.165) is 6.54 Å². The Morgan fingerprint density at radius 1 is 1.22 bits per heavy atom. The van der Waals surface area contributed by atoms with Gasteiger partial charge >= 0.3 is 0 Å². The van der Waals surface area contributed by atoms with Crippen molar-refractivity contribution in [3.63, 3.8) is 0 Å². The monoisotopic (exact) mass is 254 g/mol. The summed E-state index contributed by atoms with van der Waals surface area (Å²) in [4.78, 5) is 19.8. The summed E-state index contributed by atoms with van der Waals surface area (Å²) in [5, 5.41) is 5.85. The van der Waals surface area contributed by atoms with Crippen LogP contribution in [0.1, 0.15) is 17.3 Å². The number of hydrogen-bond donors (Lipinski definition) is 2. The smallest absolute Gasteiger partial charge is 0.262 e. The number of nitrogens with zero attached hydrogens (tertiary/aromatic N) is 2. The van der Waals surface area contributed by atoms with E-state index in [2.05, 4.69) is 20.6 Å². The van der Waals surface area contributed by atoms with Crippen LogP contribution in [0.25, 0.3) is 0 Å². The summed E-state index contributed by atoms with van der Waals surface area (Å²) in [7, 11) is 2.88. The molecule has 1 aromatic heterocycles. The van der Waals surface area contributed by atoms with Crippen LogP contribution in [-0.4, -0.2) is 49.7 Å². The molecule has 0 aromatic carbocycles. The van der Waals surface area contributed by atoms with Crippen molar-refractivity contribution in [1.82, 2.24) is 20.6 Å². The molecule has 7 nitrogen and oxygen atoms in total. The Morgan fingerprint density at radius 2 is 1.83 bits per heavy atom. The minimum atomic E-state index is -0.317. The average Bonchev–Trinajstić information content (AvgIpc) is 2.42. The number of methoxy groups -OCH3 is 2. The van der Waals surface area contributed by atoms with Crippen LogP contribution in [0.15, 0.2) is 6.33 Å². The molecular weight excluding hydrogens is 236 g/mol. The van der Waals surface area contributed by atoms with Gasteiger partial charge in [0, 0.05) is 13.1 Å². The Labute approximate surface area is 106 Å². The third-order valence-electron chi connectivity index (χ3n) is 2.23. The lowest BCUT2D eigenvalue weighted by Gasteiger charge is -2.11. The Morgan fingerprint density at radius 3 is 2.33 bits per heavy atom. The summed E-state index contributed by atoms with van der Waals surface area (Å²) in [6.07, 6.45) is 1.28. The van der Waals surface area contributed by atoms with Gasteiger partial charge in [0.05, 0.1) is 14.2 Å². The Bertz CT molecular complexity index is 376. The first kappa shape index (κ1) is 14.2. The maximum Gasteiger partial charge on any atom is 0.262 e. The van der Waals surface area contributed by atoms with E-state index in [9.17, 15) is 4.79 Å². The molecule has 1 aromatic rings. The van der Waals surface area contributed by atoms with E-state index in [1.807, 2.05) is 6.92 Å². The number of rotatable bonds is 7. The van der Waals surface area contributed by atoms with Crippen molar-refractivity contribution in [2.24, 2.45) is 0 Å². The second kappa shape index (κ2) is 7.44. The predicted octanol–water partition coefficient (Wildman–Crippen LogP) is -0.167. The number of ether oxygens (including phenoxy) is 2. The second-order valence-electron chi connectivity index (χ2n) is 3.38. The number of amides is 1. The SMILES string of the molecule is CCNCCNC(=O)c1c(OC)ncnc1OC. The van der Waals surface area contributed by atoms with Gasteiger partial charge in [-0.15, -0.1) is 0 Å². The van der Waals surface area contributed by atoms with E-state index in [1.165, 1.54) is 20.5 Å². The molecule has 2 N–H and O–H groups in total. The van der Waals surface area contributed by atoms with Gasteiger partial charge in [-0.05, 0) is 6.54 Å². The molecule has 18 heavy (non-hydrogen) atoms. The fourth-order valence-electron chi connectivity index (χ4n) is 1.39. The van der Waals surface area contributed by atoms with E-state index >= 15 is 0 Å². The van der Waals surface area contributed by atoms with Crippen LogP contribution in [0.5, 0.6) is 11.8 Å². The van der Waals surface area contributed by atoms with E-state index in [1.54, 1.807) is 0 Å². The van der Waals surface area contributed by atoms with E-state index in [0.29, 0.717) is 13.1 Å². The lowest BCUT2D eigenvalue weighted by atomic mass is 10.3. The fraction of sp³-hybridized carbons (Fsp3) is 0.545. The average molecular weight is 254 g/mol. The van der Waals surface area contributed by atoms with Crippen molar-refractivity contribution < 1.29 is 14.3 Å². The molecule has 0 unspecified atom stereocenters. The number of likely N-dealkylation sites (N-methyl/N-ethyl adjacent to an activating group) is 1. The summed E-state index contributed by atoms with van der Waals surface area (Å²) in [5.74, 6) is 0.0767. The van der Waals surface area contributed by atoms with Crippen LogP contribution in [0.4, 0.5) is 0 Å². The summed E-state index contributed by atoms with van der Waals surface area (Å²) in [5.41, 5.74) is 0.207. The van der Waals surface area contributed by atoms with Gasteiger partial charge in [0.1, 0.15) is 6.33 Å². The minimum Gasteiger partial charge on any atom is -0.480 e. The van der Waals surface area contributed by atoms with Crippen molar-refractivity contribution in [2.75, 3.05) is 33.9 Å². The molecule has 0 fully saturated rings. The Balaban J connectivity index is 2.76. The summed E-state index contributed by atoms with van der Waals surface area (Å²) >= 11 is 0. The molecule has 0 saturated carbocycles. The molecule has 1 rings (SSSR count). The summed E-state index contributed by atoms with van der Waals surface area (Å²) in [6, 6.07) is 0. The van der Waals surface area contributed by atoms with Crippen molar-refractivity contribution >= 4 is 5.91 Å². The van der Waals surface area contributed by atoms with Crippen LogP contribution in [0.2, 0.25) is 0 Å². The van der Waals surface area contributed by atoms with Crippen LogP contribution in [0, 0.1) is 0 Å². The lowest BCUT2D eigenvalue weighted by Crippen LogP contribution is -2.32. The van der Waals surface area contributed by atoms with Gasteiger partial charge in [0.2, 0.25) is 11.8 Å². The molecule has 0 aliphatic carbocycles. The van der Waals surface area contributed by atoms with Crippen molar-refractivity contribution in [3.05, 3.63) is 11.9 Å². The minimum absolute atomic E-state index is 0.197. The predicted molar refractivity (Wildman–Crippen MR) is 66.0 cm³/mol. The van der Waals surface area contributed by atoms with E-state index in [4.69, 9.17) is 9.47 Å². The van der Waals surface area contributed by atoms with Crippen LogP contribution in [0.3, 0.4) is 0 Å². The molecular formula is C11H18N4O3. The topological polar surface area (TPSA) is 85.4 Å². The third-order valence-corrected chi connectivity index (χ3v) is 2.23. The third kappa shape index (κ3) is 3.56. The zero-order chi connectivity index (χ0) is 13.4. The summed E-state index contributed by atoms with van der Waals surface area (Å²) < 4.78 is 10.1. The molecule has 1 amide bonds. The highest BCUT2D eigenvalue weighted by molar-refractivity contribution is 5.98. The van der Waals surface area contributed by atoms with Crippen molar-refractivity contribution in [1.29, 1.82) is 0 Å². The molecule has 7 heteroatoms. The number of hydrogen-bond acceptors (Lipinski definition) is 6. The van der Waals surface area contributed by atoms with Gasteiger partial charge in [-0.25, -0.2) is 9.97 Å². The van der Waals surface area contributed by atoms with Gasteiger partial charge in [0.15, 0.2) is 5.56 Å². The maximum absolute atomic E-state index is 12.0. The van der Waals surface area contributed by atoms with Gasteiger partial charge < -0.3 is 20.1 Å². The Hall–Kier alpha value is -1.89. The van der Waals surface area contributed by atoms with Crippen LogP contribution in [-0.2, 0) is 0 Å². The Kier molecular flexibility index (Phi) is 5.86. The molecule has 0 radical (unpaired) electrons. The first-order valence-electron chi connectivity index (χ1n) is 5.66. The number of carbonyl (C=O) groups is 1. The normalized spacial score (nSPS) is 9.94. The number of nitrogens with one attached hydrogen (secondary N) is 2. The molecule has 0 aliphatic heterocycles. The molecule has 0 spiro atoms. The zero-order valence-corrected chi connectivity index (χ0v) is 10.8. The van der Waals surface area contributed by atoms with Gasteiger partial charge in [0.25, 0.3) is 5.91 Å². The largest absolute Gasteiger partial charge is 0.480 e. The standard InChI is InChI=1S/C11H18N4O3/c1-4-12-5-6-13-9(16)8-10(17-2)14-7-15-11(8)18-3/h7,12H,4-6H2,1-3H3,(H,13,16). The molecule has 0 saturated heterocycles. The van der Waals surface area contributed by atoms with E-state index in [-0.39, 0.29) is 23.2 Å². The van der Waals surface area contributed by atoms with Crippen LogP contribution < -0.4 is 20.1 Å². The molecule has 1 heterocycles. The molecule has 0 aliphatic rings. The van der Waals surface area contributed by atoms with Crippen molar-refractivity contribution in [3.8, 4) is 11.8 Å². The number of aromatic nitrogens is 2. The van der Waals surface area contributed by atoms with Gasteiger partial charge in [-0.1, -0.05) is 6.92 Å².